The molecule has 1 rings (SSSR count). The van der Waals surface area contributed by atoms with Gasteiger partial charge in [-0.15, -0.1) is 0 Å². The molecular formula is C15H25NO3S. The van der Waals surface area contributed by atoms with Gasteiger partial charge in [-0.2, -0.15) is 11.8 Å². The molecule has 20 heavy (non-hydrogen) atoms. The van der Waals surface area contributed by atoms with E-state index < -0.39 is 0 Å². The van der Waals surface area contributed by atoms with Crippen LogP contribution in [0.2, 0.25) is 0 Å². The van der Waals surface area contributed by atoms with Crippen molar-refractivity contribution in [2.75, 3.05) is 38.9 Å². The molecule has 0 spiro atoms. The highest BCUT2D eigenvalue weighted by Gasteiger charge is 2.16. The highest BCUT2D eigenvalue weighted by atomic mass is 32.2. The Morgan fingerprint density at radius 2 is 2.10 bits per heavy atom. The van der Waals surface area contributed by atoms with Crippen LogP contribution in [0, 0.1) is 0 Å². The summed E-state index contributed by atoms with van der Waals surface area (Å²) in [5, 5.41) is 12.3. The van der Waals surface area contributed by atoms with Gasteiger partial charge in [-0.3, -0.25) is 0 Å². The Morgan fingerprint density at radius 3 is 2.70 bits per heavy atom. The summed E-state index contributed by atoms with van der Waals surface area (Å²) in [7, 11) is 3.36. The molecule has 4 nitrogen and oxygen atoms in total. The number of rotatable bonds is 10. The van der Waals surface area contributed by atoms with Gasteiger partial charge in [-0.1, -0.05) is 6.92 Å². The van der Waals surface area contributed by atoms with Gasteiger partial charge < -0.3 is 19.9 Å². The monoisotopic (exact) mass is 299 g/mol. The van der Waals surface area contributed by atoms with Gasteiger partial charge in [0.25, 0.3) is 0 Å². The largest absolute Gasteiger partial charge is 0.497 e. The molecule has 0 aliphatic rings. The fourth-order valence-electron chi connectivity index (χ4n) is 1.98. The van der Waals surface area contributed by atoms with E-state index in [2.05, 4.69) is 12.2 Å². The van der Waals surface area contributed by atoms with Crippen LogP contribution in [0.4, 0.5) is 0 Å². The topological polar surface area (TPSA) is 50.7 Å². The molecule has 0 aromatic heterocycles. The van der Waals surface area contributed by atoms with Crippen molar-refractivity contribution < 1.29 is 14.6 Å². The summed E-state index contributed by atoms with van der Waals surface area (Å²) >= 11 is 1.83. The fourth-order valence-corrected chi connectivity index (χ4v) is 3.02. The molecule has 0 heterocycles. The lowest BCUT2D eigenvalue weighted by atomic mass is 10.1. The maximum Gasteiger partial charge on any atom is 0.123 e. The highest BCUT2D eigenvalue weighted by molar-refractivity contribution is 7.99. The van der Waals surface area contributed by atoms with Crippen molar-refractivity contribution in [1.82, 2.24) is 5.32 Å². The molecule has 1 aromatic carbocycles. The number of hydrogen-bond donors (Lipinski definition) is 2. The Balaban J connectivity index is 2.82. The first kappa shape index (κ1) is 17.1. The van der Waals surface area contributed by atoms with Gasteiger partial charge in [-0.05, 0) is 36.9 Å². The van der Waals surface area contributed by atoms with E-state index in [0.717, 1.165) is 41.5 Å². The Bertz CT molecular complexity index is 387. The third kappa shape index (κ3) is 5.23. The molecule has 0 amide bonds. The summed E-state index contributed by atoms with van der Waals surface area (Å²) in [6.07, 6.45) is 0.832. The number of methoxy groups -OCH3 is 2. The highest BCUT2D eigenvalue weighted by Crippen LogP contribution is 2.31. The van der Waals surface area contributed by atoms with E-state index in [0.29, 0.717) is 0 Å². The summed E-state index contributed by atoms with van der Waals surface area (Å²) < 4.78 is 10.8. The van der Waals surface area contributed by atoms with Crippen molar-refractivity contribution in [3.8, 4) is 11.5 Å². The van der Waals surface area contributed by atoms with Gasteiger partial charge in [0, 0.05) is 24.0 Å². The van der Waals surface area contributed by atoms with Crippen LogP contribution in [-0.2, 0) is 0 Å². The van der Waals surface area contributed by atoms with E-state index in [1.807, 2.05) is 30.0 Å². The predicted molar refractivity (Wildman–Crippen MR) is 85.0 cm³/mol. The summed E-state index contributed by atoms with van der Waals surface area (Å²) in [5.41, 5.74) is 1.12. The van der Waals surface area contributed by atoms with E-state index in [9.17, 15) is 0 Å². The molecule has 1 aromatic rings. The van der Waals surface area contributed by atoms with Crippen LogP contribution >= 0.6 is 11.8 Å². The minimum absolute atomic E-state index is 0.216. The second-order valence-corrected chi connectivity index (χ2v) is 5.52. The van der Waals surface area contributed by atoms with Crippen LogP contribution in [0.1, 0.15) is 24.9 Å². The van der Waals surface area contributed by atoms with Crippen LogP contribution in [0.3, 0.4) is 0 Å². The molecular weight excluding hydrogens is 274 g/mol. The Labute approximate surface area is 125 Å². The van der Waals surface area contributed by atoms with E-state index in [4.69, 9.17) is 14.6 Å². The Morgan fingerprint density at radius 1 is 1.30 bits per heavy atom. The standard InChI is InChI=1S/C15H25NO3S/c1-4-16-14(11-20-9-5-8-17)13-10-12(18-2)6-7-15(13)19-3/h6-7,10,14,16-17H,4-5,8-9,11H2,1-3H3. The summed E-state index contributed by atoms with van der Waals surface area (Å²) in [5.74, 6) is 3.62. The van der Waals surface area contributed by atoms with Crippen LogP contribution in [0.5, 0.6) is 11.5 Å². The Hall–Kier alpha value is -0.910. The zero-order chi connectivity index (χ0) is 14.8. The average molecular weight is 299 g/mol. The summed E-state index contributed by atoms with van der Waals surface area (Å²) in [6.45, 7) is 3.24. The average Bonchev–Trinajstić information content (AvgIpc) is 2.49. The normalized spacial score (nSPS) is 12.2. The molecule has 0 saturated carbocycles. The zero-order valence-electron chi connectivity index (χ0n) is 12.5. The molecule has 0 aliphatic carbocycles. The minimum Gasteiger partial charge on any atom is -0.497 e. The molecule has 0 aliphatic heterocycles. The maximum atomic E-state index is 8.84. The van der Waals surface area contributed by atoms with Gasteiger partial charge in [0.05, 0.1) is 14.2 Å². The quantitative estimate of drug-likeness (QED) is 0.650. The maximum absolute atomic E-state index is 8.84. The number of ether oxygens (including phenoxy) is 2. The summed E-state index contributed by atoms with van der Waals surface area (Å²) in [4.78, 5) is 0. The van der Waals surface area contributed by atoms with Crippen molar-refractivity contribution in [2.45, 2.75) is 19.4 Å². The molecule has 0 bridgehead atoms. The fraction of sp³-hybridized carbons (Fsp3) is 0.600. The van der Waals surface area contributed by atoms with Gasteiger partial charge in [-0.25, -0.2) is 0 Å². The van der Waals surface area contributed by atoms with E-state index >= 15 is 0 Å². The number of aliphatic hydroxyl groups is 1. The first-order valence-electron chi connectivity index (χ1n) is 6.90. The number of hydrogen-bond acceptors (Lipinski definition) is 5. The molecule has 2 N–H and O–H groups in total. The molecule has 5 heteroatoms. The minimum atomic E-state index is 0.216. The first-order chi connectivity index (χ1) is 9.76. The van der Waals surface area contributed by atoms with Gasteiger partial charge in [0.15, 0.2) is 0 Å². The number of thioether (sulfide) groups is 1. The van der Waals surface area contributed by atoms with Crippen LogP contribution in [0.15, 0.2) is 18.2 Å². The summed E-state index contributed by atoms with van der Waals surface area (Å²) in [6, 6.07) is 6.09. The number of aliphatic hydroxyl groups excluding tert-OH is 1. The van der Waals surface area contributed by atoms with Crippen molar-refractivity contribution >= 4 is 11.8 Å². The molecule has 0 saturated heterocycles. The van der Waals surface area contributed by atoms with E-state index in [1.54, 1.807) is 14.2 Å². The SMILES string of the molecule is CCNC(CSCCCO)c1cc(OC)ccc1OC. The third-order valence-corrected chi connectivity index (χ3v) is 4.14. The second kappa shape index (κ2) is 9.91. The van der Waals surface area contributed by atoms with Crippen LogP contribution in [0.25, 0.3) is 0 Å². The van der Waals surface area contributed by atoms with Crippen molar-refractivity contribution in [3.63, 3.8) is 0 Å². The molecule has 1 atom stereocenters. The predicted octanol–water partition coefficient (Wildman–Crippen LogP) is 2.47. The molecule has 0 radical (unpaired) electrons. The lowest BCUT2D eigenvalue weighted by molar-refractivity contribution is 0.296. The van der Waals surface area contributed by atoms with Crippen molar-refractivity contribution in [2.24, 2.45) is 0 Å². The first-order valence-corrected chi connectivity index (χ1v) is 8.06. The van der Waals surface area contributed by atoms with E-state index in [1.165, 1.54) is 0 Å². The lowest BCUT2D eigenvalue weighted by Gasteiger charge is -2.21. The van der Waals surface area contributed by atoms with Gasteiger partial charge in [0.2, 0.25) is 0 Å². The van der Waals surface area contributed by atoms with Gasteiger partial charge in [0.1, 0.15) is 11.5 Å². The number of nitrogens with one attached hydrogen (secondary N) is 1. The van der Waals surface area contributed by atoms with Crippen LogP contribution in [-0.4, -0.2) is 44.0 Å². The Kier molecular flexibility index (Phi) is 8.49. The number of benzene rings is 1. The lowest BCUT2D eigenvalue weighted by Crippen LogP contribution is -2.23. The van der Waals surface area contributed by atoms with Crippen molar-refractivity contribution in [1.29, 1.82) is 0 Å². The molecule has 114 valence electrons. The molecule has 1 unspecified atom stereocenters. The third-order valence-electron chi connectivity index (χ3n) is 2.99. The smallest absolute Gasteiger partial charge is 0.123 e. The van der Waals surface area contributed by atoms with E-state index in [-0.39, 0.29) is 12.6 Å². The zero-order valence-corrected chi connectivity index (χ0v) is 13.3. The molecule has 0 fully saturated rings. The second-order valence-electron chi connectivity index (χ2n) is 4.37. The van der Waals surface area contributed by atoms with Crippen molar-refractivity contribution in [3.05, 3.63) is 23.8 Å². The van der Waals surface area contributed by atoms with Gasteiger partial charge >= 0.3 is 0 Å². The van der Waals surface area contributed by atoms with Crippen LogP contribution < -0.4 is 14.8 Å².